The number of hydrogen-bond acceptors (Lipinski definition) is 3. The van der Waals surface area contributed by atoms with Gasteiger partial charge in [0, 0.05) is 22.3 Å². The minimum atomic E-state index is -3.99. The van der Waals surface area contributed by atoms with E-state index < -0.39 is 22.5 Å². The molecular weight excluding hydrogens is 502 g/mol. The Kier molecular flexibility index (Phi) is 7.86. The molecule has 3 aromatic carbocycles. The lowest BCUT2D eigenvalue weighted by Gasteiger charge is -2.22. The zero-order valence-electron chi connectivity index (χ0n) is 15.9. The molecule has 0 heterocycles. The second-order valence-corrected chi connectivity index (χ2v) is 10.1. The zero-order valence-corrected chi connectivity index (χ0v) is 19.7. The fourth-order valence-corrected chi connectivity index (χ4v) is 4.90. The van der Waals surface area contributed by atoms with Crippen LogP contribution in [0, 0.1) is 0 Å². The molecule has 3 rings (SSSR count). The van der Waals surface area contributed by atoms with Crippen LogP contribution < -0.4 is 5.32 Å². The topological polar surface area (TPSA) is 66.5 Å². The van der Waals surface area contributed by atoms with E-state index >= 15 is 0 Å². The quantitative estimate of drug-likeness (QED) is 0.410. The molecule has 0 bridgehead atoms. The fourth-order valence-electron chi connectivity index (χ4n) is 2.74. The van der Waals surface area contributed by atoms with Crippen LogP contribution in [0.4, 0.5) is 5.69 Å². The monoisotopic (exact) mass is 516 g/mol. The minimum absolute atomic E-state index is 0.0578. The molecule has 0 saturated carbocycles. The summed E-state index contributed by atoms with van der Waals surface area (Å²) >= 11 is 24.0. The average molecular weight is 518 g/mol. The Morgan fingerprint density at radius 1 is 0.839 bits per heavy atom. The van der Waals surface area contributed by atoms with Crippen LogP contribution in [-0.4, -0.2) is 25.2 Å². The molecule has 0 radical (unpaired) electrons. The van der Waals surface area contributed by atoms with Gasteiger partial charge < -0.3 is 5.32 Å². The molecule has 1 N–H and O–H groups in total. The van der Waals surface area contributed by atoms with Gasteiger partial charge in [-0.25, -0.2) is 8.42 Å². The van der Waals surface area contributed by atoms with E-state index in [2.05, 4.69) is 5.32 Å². The van der Waals surface area contributed by atoms with Crippen LogP contribution in [0.3, 0.4) is 0 Å². The molecule has 162 valence electrons. The number of anilines is 1. The molecule has 5 nitrogen and oxygen atoms in total. The van der Waals surface area contributed by atoms with E-state index in [9.17, 15) is 13.2 Å². The van der Waals surface area contributed by atoms with Gasteiger partial charge in [-0.05, 0) is 48.0 Å². The highest BCUT2D eigenvalue weighted by molar-refractivity contribution is 7.89. The van der Waals surface area contributed by atoms with Crippen LogP contribution in [0.1, 0.15) is 5.56 Å². The van der Waals surface area contributed by atoms with Gasteiger partial charge in [0.2, 0.25) is 15.9 Å². The Bertz CT molecular complexity index is 1200. The van der Waals surface area contributed by atoms with Crippen molar-refractivity contribution in [2.75, 3.05) is 11.9 Å². The molecular formula is C21H16Cl4N2O3S. The molecule has 0 aromatic heterocycles. The van der Waals surface area contributed by atoms with E-state index in [1.807, 2.05) is 0 Å². The predicted octanol–water partition coefficient (Wildman–Crippen LogP) is 6.13. The van der Waals surface area contributed by atoms with Crippen molar-refractivity contribution in [2.24, 2.45) is 0 Å². The van der Waals surface area contributed by atoms with Crippen molar-refractivity contribution in [3.05, 3.63) is 92.4 Å². The smallest absolute Gasteiger partial charge is 0.243 e. The van der Waals surface area contributed by atoms with Crippen molar-refractivity contribution in [3.63, 3.8) is 0 Å². The number of carbonyl (C=O) groups is 1. The molecule has 0 fully saturated rings. The molecule has 10 heteroatoms. The van der Waals surface area contributed by atoms with Crippen LogP contribution in [0.15, 0.2) is 71.6 Å². The lowest BCUT2D eigenvalue weighted by Crippen LogP contribution is -2.37. The van der Waals surface area contributed by atoms with Crippen LogP contribution in [0.2, 0.25) is 20.1 Å². The Balaban J connectivity index is 1.89. The lowest BCUT2D eigenvalue weighted by atomic mass is 10.2. The number of halogens is 4. The number of carbonyl (C=O) groups excluding carboxylic acids is 1. The van der Waals surface area contributed by atoms with Crippen molar-refractivity contribution in [3.8, 4) is 0 Å². The Morgan fingerprint density at radius 3 is 2.19 bits per heavy atom. The van der Waals surface area contributed by atoms with Crippen LogP contribution in [0.25, 0.3) is 0 Å². The van der Waals surface area contributed by atoms with E-state index in [0.29, 0.717) is 26.3 Å². The third kappa shape index (κ3) is 6.13. The summed E-state index contributed by atoms with van der Waals surface area (Å²) in [4.78, 5) is 12.7. The first kappa shape index (κ1) is 23.9. The molecule has 0 aliphatic heterocycles. The number of sulfonamides is 1. The predicted molar refractivity (Wildman–Crippen MR) is 126 cm³/mol. The third-order valence-electron chi connectivity index (χ3n) is 4.27. The second kappa shape index (κ2) is 10.2. The molecule has 0 saturated heterocycles. The number of hydrogen-bond donors (Lipinski definition) is 1. The first-order chi connectivity index (χ1) is 14.7. The van der Waals surface area contributed by atoms with E-state index in [1.54, 1.807) is 36.4 Å². The number of benzene rings is 3. The van der Waals surface area contributed by atoms with Crippen molar-refractivity contribution < 1.29 is 13.2 Å². The summed E-state index contributed by atoms with van der Waals surface area (Å²) in [7, 11) is -3.99. The molecule has 1 amide bonds. The van der Waals surface area contributed by atoms with Crippen molar-refractivity contribution >= 4 is 68.0 Å². The van der Waals surface area contributed by atoms with Gasteiger partial charge in [0.25, 0.3) is 0 Å². The molecule has 3 aromatic rings. The summed E-state index contributed by atoms with van der Waals surface area (Å²) in [6.45, 7) is -0.571. The Labute approximate surface area is 200 Å². The standard InChI is InChI=1S/C21H16Cl4N2O3S/c22-15-7-6-14(19(24)10-15)12-27(31(29,30)17-4-2-1-3-5-17)13-21(28)26-16-8-9-18(23)20(25)11-16/h1-11H,12-13H2,(H,26,28). The second-order valence-electron chi connectivity index (χ2n) is 6.50. The first-order valence-electron chi connectivity index (χ1n) is 8.91. The Hall–Kier alpha value is -1.80. The van der Waals surface area contributed by atoms with Crippen molar-refractivity contribution in [1.29, 1.82) is 0 Å². The lowest BCUT2D eigenvalue weighted by molar-refractivity contribution is -0.116. The highest BCUT2D eigenvalue weighted by atomic mass is 35.5. The van der Waals surface area contributed by atoms with Gasteiger partial charge in [0.15, 0.2) is 0 Å². The van der Waals surface area contributed by atoms with Gasteiger partial charge in [-0.3, -0.25) is 4.79 Å². The van der Waals surface area contributed by atoms with Crippen LogP contribution in [0.5, 0.6) is 0 Å². The summed E-state index contributed by atoms with van der Waals surface area (Å²) in [5.41, 5.74) is 0.897. The maximum atomic E-state index is 13.2. The van der Waals surface area contributed by atoms with E-state index in [0.717, 1.165) is 4.31 Å². The van der Waals surface area contributed by atoms with Gasteiger partial charge in [-0.1, -0.05) is 70.7 Å². The van der Waals surface area contributed by atoms with Crippen LogP contribution in [-0.2, 0) is 21.4 Å². The largest absolute Gasteiger partial charge is 0.325 e. The van der Waals surface area contributed by atoms with Gasteiger partial charge >= 0.3 is 0 Å². The van der Waals surface area contributed by atoms with Crippen LogP contribution >= 0.6 is 46.4 Å². The third-order valence-corrected chi connectivity index (χ3v) is 7.40. The van der Waals surface area contributed by atoms with E-state index in [1.165, 1.54) is 30.3 Å². The fraction of sp³-hybridized carbons (Fsp3) is 0.0952. The molecule has 0 atom stereocenters. The number of nitrogens with zero attached hydrogens (tertiary/aromatic N) is 1. The number of rotatable bonds is 7. The maximum absolute atomic E-state index is 13.2. The SMILES string of the molecule is O=C(CN(Cc1ccc(Cl)cc1Cl)S(=O)(=O)c1ccccc1)Nc1ccc(Cl)c(Cl)c1. The van der Waals surface area contributed by atoms with E-state index in [4.69, 9.17) is 46.4 Å². The molecule has 31 heavy (non-hydrogen) atoms. The normalized spacial score (nSPS) is 11.5. The van der Waals surface area contributed by atoms with Gasteiger partial charge in [0.05, 0.1) is 21.5 Å². The molecule has 0 aliphatic carbocycles. The van der Waals surface area contributed by atoms with E-state index in [-0.39, 0.29) is 16.5 Å². The highest BCUT2D eigenvalue weighted by Gasteiger charge is 2.27. The average Bonchev–Trinajstić information content (AvgIpc) is 2.72. The first-order valence-corrected chi connectivity index (χ1v) is 11.9. The van der Waals surface area contributed by atoms with Gasteiger partial charge in [0.1, 0.15) is 0 Å². The van der Waals surface area contributed by atoms with Crippen molar-refractivity contribution in [1.82, 2.24) is 4.31 Å². The minimum Gasteiger partial charge on any atom is -0.325 e. The van der Waals surface area contributed by atoms with Gasteiger partial charge in [-0.2, -0.15) is 4.31 Å². The number of nitrogens with one attached hydrogen (secondary N) is 1. The summed E-state index contributed by atoms with van der Waals surface area (Å²) < 4.78 is 27.5. The summed E-state index contributed by atoms with van der Waals surface area (Å²) in [5.74, 6) is -0.553. The zero-order chi connectivity index (χ0) is 22.6. The summed E-state index contributed by atoms with van der Waals surface area (Å²) in [6.07, 6.45) is 0. The summed E-state index contributed by atoms with van der Waals surface area (Å²) in [6, 6.07) is 17.2. The Morgan fingerprint density at radius 2 is 1.55 bits per heavy atom. The highest BCUT2D eigenvalue weighted by Crippen LogP contribution is 2.27. The summed E-state index contributed by atoms with van der Waals surface area (Å²) in [5, 5.41) is 3.95. The molecule has 0 aliphatic rings. The maximum Gasteiger partial charge on any atom is 0.243 e. The molecule has 0 spiro atoms. The molecule has 0 unspecified atom stereocenters. The van der Waals surface area contributed by atoms with Gasteiger partial charge in [-0.15, -0.1) is 0 Å². The van der Waals surface area contributed by atoms with Crippen molar-refractivity contribution in [2.45, 2.75) is 11.4 Å². The number of amides is 1.